The molecule has 1 unspecified atom stereocenters. The summed E-state index contributed by atoms with van der Waals surface area (Å²) < 4.78 is 4.89. The van der Waals surface area contributed by atoms with Crippen LogP contribution in [0.5, 0.6) is 0 Å². The van der Waals surface area contributed by atoms with Crippen LogP contribution in [0.15, 0.2) is 122 Å². The van der Waals surface area contributed by atoms with Crippen LogP contribution in [0, 0.1) is 6.92 Å². The third kappa shape index (κ3) is 3.72. The third-order valence-electron chi connectivity index (χ3n) is 7.00. The van der Waals surface area contributed by atoms with Crippen LogP contribution in [0.3, 0.4) is 0 Å². The lowest BCUT2D eigenvalue weighted by Crippen LogP contribution is -2.53. The van der Waals surface area contributed by atoms with E-state index in [1.54, 1.807) is 0 Å². The molecule has 0 saturated carbocycles. The first-order valence-corrected chi connectivity index (χ1v) is 12.0. The van der Waals surface area contributed by atoms with Gasteiger partial charge in [-0.25, -0.2) is 0 Å². The van der Waals surface area contributed by atoms with Crippen LogP contribution in [-0.2, 0) is 13.0 Å². The van der Waals surface area contributed by atoms with E-state index in [1.165, 1.54) is 44.8 Å². The molecule has 0 fully saturated rings. The zero-order valence-electron chi connectivity index (χ0n) is 19.4. The number of nitrogens with zero attached hydrogens (tertiary/aromatic N) is 2. The summed E-state index contributed by atoms with van der Waals surface area (Å²) in [5.41, 5.74) is 10.5. The van der Waals surface area contributed by atoms with Crippen molar-refractivity contribution in [2.75, 3.05) is 0 Å². The number of fused-ring (bicyclic) bond motifs is 3. The fraction of sp³-hybridized carbons (Fsp3) is 0.125. The molecule has 2 heteroatoms. The summed E-state index contributed by atoms with van der Waals surface area (Å²) in [5.74, 6) is 0. The van der Waals surface area contributed by atoms with E-state index < -0.39 is 0 Å². The minimum atomic E-state index is 0.349. The molecule has 0 radical (unpaired) electrons. The monoisotopic (exact) mass is 440 g/mol. The van der Waals surface area contributed by atoms with Crippen molar-refractivity contribution in [1.82, 2.24) is 0 Å². The molecule has 0 N–H and O–H groups in total. The highest BCUT2D eigenvalue weighted by molar-refractivity contribution is 5.73. The smallest absolute Gasteiger partial charge is 0.191 e. The first-order valence-electron chi connectivity index (χ1n) is 12.0. The standard InChI is InChI=1S/C32H28N2/c1-24-11-5-6-14-29(24)31-15-7-9-19-33(31)23-28-21-27-18-17-26(25-12-3-2-4-13-25)22-30(27)32-16-8-10-20-34(28)32/h2-20,22,28H,21,23H2,1H3/q+2. The second-order valence-corrected chi connectivity index (χ2v) is 9.14. The fourth-order valence-electron chi connectivity index (χ4n) is 5.28. The second kappa shape index (κ2) is 8.72. The molecule has 0 saturated heterocycles. The van der Waals surface area contributed by atoms with E-state index in [0.29, 0.717) is 6.04 Å². The van der Waals surface area contributed by atoms with E-state index in [9.17, 15) is 0 Å². The highest BCUT2D eigenvalue weighted by Gasteiger charge is 2.35. The summed E-state index contributed by atoms with van der Waals surface area (Å²) in [6.07, 6.45) is 5.48. The average molecular weight is 441 g/mol. The Morgan fingerprint density at radius 3 is 2.24 bits per heavy atom. The molecular formula is C32H28N2+2. The second-order valence-electron chi connectivity index (χ2n) is 9.14. The number of hydrogen-bond acceptors (Lipinski definition) is 0. The normalized spacial score (nSPS) is 14.3. The van der Waals surface area contributed by atoms with Gasteiger partial charge in [-0.05, 0) is 53.4 Å². The molecule has 6 rings (SSSR count). The van der Waals surface area contributed by atoms with Crippen molar-refractivity contribution in [1.29, 1.82) is 0 Å². The molecule has 164 valence electrons. The van der Waals surface area contributed by atoms with Crippen LogP contribution in [0.1, 0.15) is 17.2 Å². The van der Waals surface area contributed by atoms with Crippen LogP contribution in [0.25, 0.3) is 33.6 Å². The summed E-state index contributed by atoms with van der Waals surface area (Å²) in [6.45, 7) is 3.12. The number of benzene rings is 3. The van der Waals surface area contributed by atoms with Crippen molar-refractivity contribution < 1.29 is 9.13 Å². The van der Waals surface area contributed by atoms with Crippen molar-refractivity contribution in [2.24, 2.45) is 0 Å². The van der Waals surface area contributed by atoms with Crippen LogP contribution in [0.2, 0.25) is 0 Å². The van der Waals surface area contributed by atoms with Gasteiger partial charge in [0.2, 0.25) is 24.0 Å². The first kappa shape index (κ1) is 20.6. The van der Waals surface area contributed by atoms with Crippen molar-refractivity contribution in [3.8, 4) is 33.6 Å². The fourth-order valence-corrected chi connectivity index (χ4v) is 5.28. The maximum Gasteiger partial charge on any atom is 0.220 e. The van der Waals surface area contributed by atoms with Gasteiger partial charge in [0.1, 0.15) is 0 Å². The zero-order chi connectivity index (χ0) is 22.9. The molecule has 34 heavy (non-hydrogen) atoms. The van der Waals surface area contributed by atoms with Crippen molar-refractivity contribution in [3.63, 3.8) is 0 Å². The van der Waals surface area contributed by atoms with Gasteiger partial charge in [0.15, 0.2) is 12.4 Å². The van der Waals surface area contributed by atoms with Gasteiger partial charge in [0.05, 0.1) is 5.56 Å². The summed E-state index contributed by atoms with van der Waals surface area (Å²) in [7, 11) is 0. The zero-order valence-corrected chi connectivity index (χ0v) is 19.4. The van der Waals surface area contributed by atoms with E-state index in [1.807, 2.05) is 0 Å². The van der Waals surface area contributed by atoms with E-state index in [-0.39, 0.29) is 0 Å². The van der Waals surface area contributed by atoms with Gasteiger partial charge >= 0.3 is 0 Å². The Kier molecular flexibility index (Phi) is 5.27. The number of rotatable bonds is 4. The molecule has 0 spiro atoms. The molecule has 3 aromatic carbocycles. The average Bonchev–Trinajstić information content (AvgIpc) is 2.90. The largest absolute Gasteiger partial charge is 0.220 e. The van der Waals surface area contributed by atoms with Crippen molar-refractivity contribution >= 4 is 0 Å². The maximum absolute atomic E-state index is 2.47. The Hall–Kier alpha value is -4.04. The van der Waals surface area contributed by atoms with E-state index in [0.717, 1.165) is 13.0 Å². The lowest BCUT2D eigenvalue weighted by atomic mass is 9.89. The molecule has 1 aliphatic rings. The molecule has 0 amide bonds. The Bertz CT molecular complexity index is 1470. The van der Waals surface area contributed by atoms with Gasteiger partial charge in [0, 0.05) is 36.2 Å². The molecule has 0 bridgehead atoms. The lowest BCUT2D eigenvalue weighted by Gasteiger charge is -2.22. The predicted octanol–water partition coefficient (Wildman–Crippen LogP) is 6.37. The van der Waals surface area contributed by atoms with Crippen LogP contribution in [-0.4, -0.2) is 0 Å². The van der Waals surface area contributed by atoms with Gasteiger partial charge in [-0.3, -0.25) is 0 Å². The minimum absolute atomic E-state index is 0.349. The number of aromatic nitrogens is 2. The Balaban J connectivity index is 1.40. The minimum Gasteiger partial charge on any atom is -0.191 e. The van der Waals surface area contributed by atoms with Gasteiger partial charge < -0.3 is 0 Å². The van der Waals surface area contributed by atoms with Crippen LogP contribution >= 0.6 is 0 Å². The Morgan fingerprint density at radius 1 is 0.647 bits per heavy atom. The topological polar surface area (TPSA) is 7.76 Å². The number of hydrogen-bond donors (Lipinski definition) is 0. The SMILES string of the molecule is Cc1ccccc1-c1cccc[n+]1CC1Cc2ccc(-c3ccccc3)cc2-c2cccc[n+]21. The van der Waals surface area contributed by atoms with Crippen molar-refractivity contribution in [3.05, 3.63) is 133 Å². The van der Waals surface area contributed by atoms with Crippen molar-refractivity contribution in [2.45, 2.75) is 25.9 Å². The number of aryl methyl sites for hydroxylation is 1. The third-order valence-corrected chi connectivity index (χ3v) is 7.00. The summed E-state index contributed by atoms with van der Waals surface area (Å²) in [6, 6.07) is 39.7. The maximum atomic E-state index is 2.47. The first-order chi connectivity index (χ1) is 16.8. The Morgan fingerprint density at radius 2 is 1.38 bits per heavy atom. The summed E-state index contributed by atoms with van der Waals surface area (Å²) in [4.78, 5) is 0. The van der Waals surface area contributed by atoms with Crippen LogP contribution in [0.4, 0.5) is 0 Å². The van der Waals surface area contributed by atoms with E-state index in [4.69, 9.17) is 0 Å². The highest BCUT2D eigenvalue weighted by Crippen LogP contribution is 2.33. The van der Waals surface area contributed by atoms with E-state index in [2.05, 4.69) is 138 Å². The van der Waals surface area contributed by atoms with Gasteiger partial charge in [0.25, 0.3) is 0 Å². The molecule has 3 heterocycles. The quantitative estimate of drug-likeness (QED) is 0.287. The molecule has 1 atom stereocenters. The predicted molar refractivity (Wildman–Crippen MR) is 137 cm³/mol. The lowest BCUT2D eigenvalue weighted by molar-refractivity contribution is -0.789. The molecule has 5 aromatic rings. The molecular weight excluding hydrogens is 412 g/mol. The van der Waals surface area contributed by atoms with Gasteiger partial charge in [-0.1, -0.05) is 60.7 Å². The molecule has 0 aliphatic carbocycles. The van der Waals surface area contributed by atoms with Crippen LogP contribution < -0.4 is 9.13 Å². The molecule has 2 nitrogen and oxygen atoms in total. The highest BCUT2D eigenvalue weighted by atomic mass is 15.1. The summed E-state index contributed by atoms with van der Waals surface area (Å²) >= 11 is 0. The molecule has 1 aliphatic heterocycles. The van der Waals surface area contributed by atoms with Gasteiger partial charge in [-0.15, -0.1) is 0 Å². The van der Waals surface area contributed by atoms with E-state index >= 15 is 0 Å². The Labute approximate surface area is 201 Å². The van der Waals surface area contributed by atoms with Gasteiger partial charge in [-0.2, -0.15) is 9.13 Å². The number of pyridine rings is 2. The molecule has 2 aromatic heterocycles. The summed E-state index contributed by atoms with van der Waals surface area (Å²) in [5, 5.41) is 0.